The van der Waals surface area contributed by atoms with Gasteiger partial charge in [0.05, 0.1) is 29.7 Å². The quantitative estimate of drug-likeness (QED) is 0.281. The number of amides is 1. The van der Waals surface area contributed by atoms with Gasteiger partial charge < -0.3 is 30.9 Å². The highest BCUT2D eigenvalue weighted by molar-refractivity contribution is 6.02. The number of likely N-dealkylation sites (N-methyl/N-ethyl adjacent to an activating group) is 2. The first-order valence-corrected chi connectivity index (χ1v) is 11.6. The van der Waals surface area contributed by atoms with E-state index in [2.05, 4.69) is 42.0 Å². The lowest BCUT2D eigenvalue weighted by atomic mass is 10.2. The van der Waals surface area contributed by atoms with E-state index in [9.17, 15) is 4.79 Å². The number of ether oxygens (including phenoxy) is 1. The molecule has 0 unspecified atom stereocenters. The van der Waals surface area contributed by atoms with Crippen LogP contribution in [0.1, 0.15) is 0 Å². The van der Waals surface area contributed by atoms with Crippen molar-refractivity contribution in [2.75, 3.05) is 62.6 Å². The summed E-state index contributed by atoms with van der Waals surface area (Å²) in [7, 11) is 7.57. The van der Waals surface area contributed by atoms with Gasteiger partial charge in [0, 0.05) is 38.6 Å². The molecule has 11 heteroatoms. The zero-order chi connectivity index (χ0) is 26.5. The molecule has 1 amide bonds. The highest BCUT2D eigenvalue weighted by Gasteiger charge is 2.17. The van der Waals surface area contributed by atoms with Crippen molar-refractivity contribution in [2.45, 2.75) is 0 Å². The molecule has 0 atom stereocenters. The van der Waals surface area contributed by atoms with Crippen molar-refractivity contribution in [3.8, 4) is 17.3 Å². The summed E-state index contributed by atoms with van der Waals surface area (Å²) in [6.45, 7) is 5.14. The highest BCUT2D eigenvalue weighted by atomic mass is 16.5. The summed E-state index contributed by atoms with van der Waals surface area (Å²) in [5.74, 6) is 1.59. The Morgan fingerprint density at radius 2 is 1.97 bits per heavy atom. The number of hydrogen-bond acceptors (Lipinski definition) is 9. The van der Waals surface area contributed by atoms with E-state index in [-0.39, 0.29) is 5.91 Å². The van der Waals surface area contributed by atoms with E-state index in [0.29, 0.717) is 40.4 Å². The van der Waals surface area contributed by atoms with Gasteiger partial charge in [0.15, 0.2) is 5.82 Å². The molecule has 0 aliphatic rings. The Labute approximate surface area is 215 Å². The lowest BCUT2D eigenvalue weighted by Crippen LogP contribution is -2.29. The standard InChI is InChI=1S/C26H31N9O2/c1-6-23(36)29-18-15-19(22(37-5)16-21(18)34(4)14-13-33(2)3)31-26-28-11-10-17(30-26)25-32-24(27)20-9-7-8-12-35(20)25/h6-12,15-16H,1,13-14,27H2,2-5H3,(H,29,36)(H,28,30,31). The molecule has 4 rings (SSSR count). The molecule has 37 heavy (non-hydrogen) atoms. The third-order valence-electron chi connectivity index (χ3n) is 5.76. The third-order valence-corrected chi connectivity index (χ3v) is 5.76. The number of rotatable bonds is 10. The van der Waals surface area contributed by atoms with Gasteiger partial charge in [-0.1, -0.05) is 12.6 Å². The van der Waals surface area contributed by atoms with E-state index >= 15 is 0 Å². The fourth-order valence-corrected chi connectivity index (χ4v) is 3.81. The number of nitrogen functional groups attached to an aromatic ring is 1. The second kappa shape index (κ2) is 11.0. The van der Waals surface area contributed by atoms with Gasteiger partial charge in [0.1, 0.15) is 17.3 Å². The molecule has 0 aliphatic heterocycles. The second-order valence-corrected chi connectivity index (χ2v) is 8.65. The third kappa shape index (κ3) is 5.62. The Balaban J connectivity index is 1.71. The molecule has 192 valence electrons. The minimum absolute atomic E-state index is 0.319. The van der Waals surface area contributed by atoms with E-state index in [0.717, 1.165) is 24.3 Å². The van der Waals surface area contributed by atoms with Gasteiger partial charge in [-0.2, -0.15) is 0 Å². The van der Waals surface area contributed by atoms with Crippen LogP contribution in [0.2, 0.25) is 0 Å². The maximum atomic E-state index is 12.2. The van der Waals surface area contributed by atoms with Crippen molar-refractivity contribution >= 4 is 40.3 Å². The molecule has 0 fully saturated rings. The number of nitrogens with one attached hydrogen (secondary N) is 2. The van der Waals surface area contributed by atoms with Crippen molar-refractivity contribution in [3.05, 3.63) is 61.4 Å². The number of nitrogens with two attached hydrogens (primary N) is 1. The second-order valence-electron chi connectivity index (χ2n) is 8.65. The van der Waals surface area contributed by atoms with E-state index in [4.69, 9.17) is 10.5 Å². The van der Waals surface area contributed by atoms with Gasteiger partial charge in [-0.3, -0.25) is 9.20 Å². The van der Waals surface area contributed by atoms with Crippen LogP contribution >= 0.6 is 0 Å². The molecule has 4 aromatic rings. The molecular formula is C26H31N9O2. The number of imidazole rings is 1. The first-order valence-electron chi connectivity index (χ1n) is 11.6. The number of pyridine rings is 1. The number of benzene rings is 1. The minimum Gasteiger partial charge on any atom is -0.494 e. The van der Waals surface area contributed by atoms with Gasteiger partial charge in [0.25, 0.3) is 0 Å². The largest absolute Gasteiger partial charge is 0.494 e. The fourth-order valence-electron chi connectivity index (χ4n) is 3.81. The molecule has 0 saturated carbocycles. The van der Waals surface area contributed by atoms with Crippen molar-refractivity contribution in [1.82, 2.24) is 24.3 Å². The van der Waals surface area contributed by atoms with Gasteiger partial charge >= 0.3 is 0 Å². The molecule has 0 radical (unpaired) electrons. The molecule has 3 aromatic heterocycles. The first kappa shape index (κ1) is 25.5. The number of fused-ring (bicyclic) bond motifs is 1. The summed E-state index contributed by atoms with van der Waals surface area (Å²) >= 11 is 0. The van der Waals surface area contributed by atoms with Crippen molar-refractivity contribution in [3.63, 3.8) is 0 Å². The molecule has 0 aliphatic carbocycles. The van der Waals surface area contributed by atoms with Crippen LogP contribution in [0.15, 0.2) is 61.4 Å². The Kier molecular flexibility index (Phi) is 7.54. The number of nitrogens with zero attached hydrogens (tertiary/aromatic N) is 6. The molecule has 0 bridgehead atoms. The summed E-state index contributed by atoms with van der Waals surface area (Å²) in [4.78, 5) is 29.9. The lowest BCUT2D eigenvalue weighted by Gasteiger charge is -2.26. The normalized spacial score (nSPS) is 10.9. The van der Waals surface area contributed by atoms with Crippen molar-refractivity contribution in [2.24, 2.45) is 0 Å². The zero-order valence-corrected chi connectivity index (χ0v) is 21.4. The van der Waals surface area contributed by atoms with Gasteiger partial charge in [-0.25, -0.2) is 15.0 Å². The summed E-state index contributed by atoms with van der Waals surface area (Å²) in [6, 6.07) is 11.1. The van der Waals surface area contributed by atoms with Gasteiger partial charge in [-0.05, 0) is 44.4 Å². The first-order chi connectivity index (χ1) is 17.8. The van der Waals surface area contributed by atoms with Crippen LogP contribution in [0.4, 0.5) is 28.8 Å². The Hall–Kier alpha value is -4.64. The number of hydrogen-bond donors (Lipinski definition) is 3. The van der Waals surface area contributed by atoms with E-state index < -0.39 is 0 Å². The molecule has 0 spiro atoms. The predicted octanol–water partition coefficient (Wildman–Crippen LogP) is 3.25. The van der Waals surface area contributed by atoms with Crippen LogP contribution in [-0.4, -0.2) is 71.5 Å². The van der Waals surface area contributed by atoms with E-state index in [1.165, 1.54) is 6.08 Å². The minimum atomic E-state index is -0.319. The zero-order valence-electron chi connectivity index (χ0n) is 21.4. The molecule has 11 nitrogen and oxygen atoms in total. The molecule has 4 N–H and O–H groups in total. The number of anilines is 5. The highest BCUT2D eigenvalue weighted by Crippen LogP contribution is 2.38. The maximum Gasteiger partial charge on any atom is 0.247 e. The Morgan fingerprint density at radius 1 is 1.16 bits per heavy atom. The lowest BCUT2D eigenvalue weighted by molar-refractivity contribution is -0.111. The average Bonchev–Trinajstić information content (AvgIpc) is 3.24. The monoisotopic (exact) mass is 501 g/mol. The Bertz CT molecular complexity index is 1430. The molecular weight excluding hydrogens is 470 g/mol. The van der Waals surface area contributed by atoms with E-state index in [1.807, 2.05) is 56.0 Å². The molecule has 0 saturated heterocycles. The van der Waals surface area contributed by atoms with Crippen LogP contribution in [0, 0.1) is 0 Å². The van der Waals surface area contributed by atoms with Crippen LogP contribution in [-0.2, 0) is 4.79 Å². The fraction of sp³-hybridized carbons (Fsp3) is 0.231. The number of methoxy groups -OCH3 is 1. The summed E-state index contributed by atoms with van der Waals surface area (Å²) in [6.07, 6.45) is 4.75. The number of carbonyl (C=O) groups is 1. The van der Waals surface area contributed by atoms with Crippen molar-refractivity contribution in [1.29, 1.82) is 0 Å². The van der Waals surface area contributed by atoms with Gasteiger partial charge in [-0.15, -0.1) is 0 Å². The van der Waals surface area contributed by atoms with Crippen LogP contribution in [0.25, 0.3) is 17.0 Å². The van der Waals surface area contributed by atoms with Crippen molar-refractivity contribution < 1.29 is 9.53 Å². The van der Waals surface area contributed by atoms with Crippen LogP contribution in [0.5, 0.6) is 5.75 Å². The predicted molar refractivity (Wildman–Crippen MR) is 148 cm³/mol. The van der Waals surface area contributed by atoms with Gasteiger partial charge in [0.2, 0.25) is 11.9 Å². The van der Waals surface area contributed by atoms with E-state index in [1.54, 1.807) is 25.4 Å². The topological polar surface area (TPSA) is 126 Å². The summed E-state index contributed by atoms with van der Waals surface area (Å²) in [5, 5.41) is 6.11. The number of carbonyl (C=O) groups excluding carboxylic acids is 1. The molecule has 1 aromatic carbocycles. The maximum absolute atomic E-state index is 12.2. The smallest absolute Gasteiger partial charge is 0.247 e. The SMILES string of the molecule is C=CC(=O)Nc1cc(Nc2nccc(-c3nc(N)c4ccccn34)n2)c(OC)cc1N(C)CCN(C)C. The summed E-state index contributed by atoms with van der Waals surface area (Å²) in [5.41, 5.74) is 9.46. The van der Waals surface area contributed by atoms with Crippen LogP contribution < -0.4 is 26.0 Å². The molecule has 3 heterocycles. The number of aromatic nitrogens is 4. The summed E-state index contributed by atoms with van der Waals surface area (Å²) < 4.78 is 7.55. The average molecular weight is 502 g/mol. The Morgan fingerprint density at radius 3 is 2.70 bits per heavy atom. The van der Waals surface area contributed by atoms with Crippen LogP contribution in [0.3, 0.4) is 0 Å².